The molecule has 22 valence electrons. The third-order valence-electron chi connectivity index (χ3n) is 0. The van der Waals surface area contributed by atoms with Crippen molar-refractivity contribution < 1.29 is 40.5 Å². The molecular weight excluding hydrogens is 70.0 g/mol. The van der Waals surface area contributed by atoms with Gasteiger partial charge >= 0.3 is 29.6 Å². The Labute approximate surface area is 47.6 Å². The molecule has 0 radical (unpaired) electrons. The summed E-state index contributed by atoms with van der Waals surface area (Å²) in [4.78, 5) is 0. The van der Waals surface area contributed by atoms with E-state index in [-0.39, 0.29) is 31.0 Å². The van der Waals surface area contributed by atoms with E-state index in [1.165, 1.54) is 0 Å². The van der Waals surface area contributed by atoms with Crippen LogP contribution in [0.25, 0.3) is 0 Å². The standard InChI is InChI=1S/CH3FO.Na.H/c2-1-3;;/h3H,1H2;;/q;+1;-1. The predicted octanol–water partition coefficient (Wildman–Crippen LogP) is -2.98. The van der Waals surface area contributed by atoms with Gasteiger partial charge in [0.1, 0.15) is 0 Å². The van der Waals surface area contributed by atoms with Crippen LogP contribution in [-0.4, -0.2) is 12.0 Å². The molecule has 1 nitrogen and oxygen atoms in total. The molecule has 0 bridgehead atoms. The number of aliphatic hydroxyl groups is 1. The van der Waals surface area contributed by atoms with Gasteiger partial charge in [-0.3, -0.25) is 0 Å². The molecule has 0 aliphatic heterocycles. The molecule has 0 saturated carbocycles. The SMILES string of the molecule is OCF.[H-].[Na+]. The minimum absolute atomic E-state index is 0. The Morgan fingerprint density at radius 3 is 2.00 bits per heavy atom. The quantitative estimate of drug-likeness (QED) is 0.304. The van der Waals surface area contributed by atoms with Crippen LogP contribution in [0, 0.1) is 0 Å². The summed E-state index contributed by atoms with van der Waals surface area (Å²) in [5.74, 6) is 0. The smallest absolute Gasteiger partial charge is 1.00 e. The van der Waals surface area contributed by atoms with E-state index in [1.807, 2.05) is 0 Å². The summed E-state index contributed by atoms with van der Waals surface area (Å²) in [7, 11) is 0. The van der Waals surface area contributed by atoms with Crippen LogP contribution in [0.3, 0.4) is 0 Å². The van der Waals surface area contributed by atoms with Crippen LogP contribution in [0.15, 0.2) is 0 Å². The van der Waals surface area contributed by atoms with Gasteiger partial charge in [-0.1, -0.05) is 0 Å². The molecule has 0 aromatic heterocycles. The van der Waals surface area contributed by atoms with Gasteiger partial charge in [-0.05, 0) is 0 Å². The second-order valence-electron chi connectivity index (χ2n) is 0.120. The van der Waals surface area contributed by atoms with Gasteiger partial charge in [0, 0.05) is 0 Å². The van der Waals surface area contributed by atoms with Gasteiger partial charge in [0.25, 0.3) is 0 Å². The molecule has 0 spiro atoms. The Morgan fingerprint density at radius 1 is 2.00 bits per heavy atom. The molecule has 0 aliphatic rings. The van der Waals surface area contributed by atoms with E-state index in [0.29, 0.717) is 0 Å². The van der Waals surface area contributed by atoms with Crippen molar-refractivity contribution >= 4 is 0 Å². The molecule has 0 amide bonds. The molecule has 0 unspecified atom stereocenters. The number of hydrogen-bond donors (Lipinski definition) is 1. The van der Waals surface area contributed by atoms with Crippen LogP contribution in [0.1, 0.15) is 1.43 Å². The average Bonchev–Trinajstić information content (AvgIpc) is 0.918. The van der Waals surface area contributed by atoms with Crippen LogP contribution in [-0.2, 0) is 0 Å². The third-order valence-corrected chi connectivity index (χ3v) is 0. The Kier molecular flexibility index (Phi) is 20.1. The van der Waals surface area contributed by atoms with Gasteiger partial charge in [-0.25, -0.2) is 4.39 Å². The summed E-state index contributed by atoms with van der Waals surface area (Å²) < 4.78 is 9.85. The maximum Gasteiger partial charge on any atom is 1.00 e. The Bertz CT molecular complexity index is 11.6. The summed E-state index contributed by atoms with van der Waals surface area (Å²) in [6.07, 6.45) is 0. The van der Waals surface area contributed by atoms with E-state index in [4.69, 9.17) is 5.11 Å². The number of rotatable bonds is 0. The zero-order valence-electron chi connectivity index (χ0n) is 3.53. The normalized spacial score (nSPS) is 4.50. The maximum atomic E-state index is 9.85. The third kappa shape index (κ3) is 13.0. The van der Waals surface area contributed by atoms with E-state index >= 15 is 0 Å². The van der Waals surface area contributed by atoms with E-state index in [2.05, 4.69) is 0 Å². The number of alkyl halides is 1. The van der Waals surface area contributed by atoms with Crippen LogP contribution >= 0.6 is 0 Å². The molecule has 0 rings (SSSR count). The van der Waals surface area contributed by atoms with Crippen molar-refractivity contribution in [3.8, 4) is 0 Å². The van der Waals surface area contributed by atoms with Crippen LogP contribution in [0.5, 0.6) is 0 Å². The van der Waals surface area contributed by atoms with E-state index < -0.39 is 6.86 Å². The molecular formula is CH4FNaO. The van der Waals surface area contributed by atoms with Gasteiger partial charge in [-0.15, -0.1) is 0 Å². The Balaban J connectivity index is -0.0000000200. The van der Waals surface area contributed by atoms with Crippen molar-refractivity contribution in [1.29, 1.82) is 0 Å². The van der Waals surface area contributed by atoms with Crippen molar-refractivity contribution in [3.05, 3.63) is 0 Å². The van der Waals surface area contributed by atoms with E-state index in [9.17, 15) is 4.39 Å². The molecule has 0 atom stereocenters. The summed E-state index contributed by atoms with van der Waals surface area (Å²) in [5, 5.41) is 6.90. The Hall–Kier alpha value is 0.890. The van der Waals surface area contributed by atoms with E-state index in [1.54, 1.807) is 0 Å². The topological polar surface area (TPSA) is 20.2 Å². The summed E-state index contributed by atoms with van der Waals surface area (Å²) >= 11 is 0. The van der Waals surface area contributed by atoms with E-state index in [0.717, 1.165) is 0 Å². The predicted molar refractivity (Wildman–Crippen MR) is 9.31 cm³/mol. The first-order valence-electron chi connectivity index (χ1n) is 0.583. The first-order valence-corrected chi connectivity index (χ1v) is 0.583. The van der Waals surface area contributed by atoms with Crippen molar-refractivity contribution in [2.45, 2.75) is 0 Å². The number of aliphatic hydroxyl groups excluding tert-OH is 1. The molecule has 0 aromatic carbocycles. The molecule has 0 heterocycles. The largest absolute Gasteiger partial charge is 1.00 e. The van der Waals surface area contributed by atoms with Gasteiger partial charge in [0.05, 0.1) is 0 Å². The fourth-order valence-electron chi connectivity index (χ4n) is 0. The molecule has 0 aromatic rings. The average molecular weight is 74.0 g/mol. The van der Waals surface area contributed by atoms with Crippen molar-refractivity contribution in [1.82, 2.24) is 0 Å². The zero-order chi connectivity index (χ0) is 2.71. The fraction of sp³-hybridized carbons (Fsp3) is 1.00. The first-order chi connectivity index (χ1) is 1.41. The van der Waals surface area contributed by atoms with Gasteiger partial charge in [0.15, 0.2) is 6.86 Å². The molecule has 1 N–H and O–H groups in total. The summed E-state index contributed by atoms with van der Waals surface area (Å²) in [6.45, 7) is -1.25. The summed E-state index contributed by atoms with van der Waals surface area (Å²) in [5.41, 5.74) is 0. The second-order valence-corrected chi connectivity index (χ2v) is 0.120. The monoisotopic (exact) mass is 74.0 g/mol. The van der Waals surface area contributed by atoms with Gasteiger partial charge in [0.2, 0.25) is 0 Å². The minimum atomic E-state index is -1.25. The second kappa shape index (κ2) is 9.10. The van der Waals surface area contributed by atoms with Crippen molar-refractivity contribution in [3.63, 3.8) is 0 Å². The summed E-state index contributed by atoms with van der Waals surface area (Å²) in [6, 6.07) is 0. The number of halogens is 1. The maximum absolute atomic E-state index is 9.85. The molecule has 0 aliphatic carbocycles. The van der Waals surface area contributed by atoms with Crippen LogP contribution in [0.4, 0.5) is 4.39 Å². The Morgan fingerprint density at radius 2 is 2.00 bits per heavy atom. The molecule has 0 fully saturated rings. The molecule has 4 heavy (non-hydrogen) atoms. The fourth-order valence-corrected chi connectivity index (χ4v) is 0. The zero-order valence-corrected chi connectivity index (χ0v) is 4.53. The molecule has 3 heteroatoms. The van der Waals surface area contributed by atoms with Crippen molar-refractivity contribution in [2.24, 2.45) is 0 Å². The molecule has 0 saturated heterocycles. The van der Waals surface area contributed by atoms with Crippen LogP contribution < -0.4 is 29.6 Å². The van der Waals surface area contributed by atoms with Gasteiger partial charge in [-0.2, -0.15) is 0 Å². The van der Waals surface area contributed by atoms with Gasteiger partial charge < -0.3 is 6.53 Å². The van der Waals surface area contributed by atoms with Crippen molar-refractivity contribution in [2.75, 3.05) is 6.86 Å². The number of hydrogen-bond acceptors (Lipinski definition) is 1. The first kappa shape index (κ1) is 8.86. The van der Waals surface area contributed by atoms with Crippen LogP contribution in [0.2, 0.25) is 0 Å². The minimum Gasteiger partial charge on any atom is -1.00 e.